The van der Waals surface area contributed by atoms with E-state index >= 15 is 0 Å². The van der Waals surface area contributed by atoms with Gasteiger partial charge in [0.05, 0.1) is 17.1 Å². The van der Waals surface area contributed by atoms with Gasteiger partial charge in [-0.3, -0.25) is 4.79 Å². The van der Waals surface area contributed by atoms with Crippen molar-refractivity contribution in [3.63, 3.8) is 0 Å². The second kappa shape index (κ2) is 6.58. The van der Waals surface area contributed by atoms with E-state index in [1.807, 2.05) is 30.3 Å². The molecule has 1 N–H and O–H groups in total. The third kappa shape index (κ3) is 3.65. The van der Waals surface area contributed by atoms with Crippen LogP contribution in [0.4, 0.5) is 13.2 Å². The molecular formula is C18H16F3N3O. The number of alkyl halides is 3. The second-order valence-corrected chi connectivity index (χ2v) is 5.71. The molecule has 1 unspecified atom stereocenters. The van der Waals surface area contributed by atoms with Crippen LogP contribution in [0.1, 0.15) is 24.4 Å². The molecule has 0 saturated carbocycles. The van der Waals surface area contributed by atoms with E-state index in [0.29, 0.717) is 0 Å². The van der Waals surface area contributed by atoms with E-state index in [0.717, 1.165) is 10.1 Å². The summed E-state index contributed by atoms with van der Waals surface area (Å²) in [5.74, 6) is -1.58. The molecule has 25 heavy (non-hydrogen) atoms. The molecule has 4 nitrogen and oxygen atoms in total. The highest BCUT2D eigenvalue weighted by Crippen LogP contribution is 2.31. The number of amides is 1. The molecule has 1 atom stereocenters. The van der Waals surface area contributed by atoms with Crippen LogP contribution in [0, 0.1) is 0 Å². The molecule has 0 aliphatic heterocycles. The van der Waals surface area contributed by atoms with Crippen LogP contribution >= 0.6 is 0 Å². The van der Waals surface area contributed by atoms with E-state index in [1.54, 1.807) is 19.1 Å². The Morgan fingerprint density at radius 2 is 1.76 bits per heavy atom. The quantitative estimate of drug-likeness (QED) is 0.777. The number of carbonyl (C=O) groups is 1. The predicted octanol–water partition coefficient (Wildman–Crippen LogP) is 3.93. The number of carbonyl (C=O) groups excluding carboxylic acids is 1. The standard InChI is InChI=1S/C18H16F3N3O/c1-12(13-7-3-2-4-8-13)22-16(25)11-24-15-10-6-5-9-14(15)23-17(24)18(19,20)21/h2-10,12H,11H2,1H3,(H,22,25). The number of hydrogen-bond donors (Lipinski definition) is 1. The first-order valence-electron chi connectivity index (χ1n) is 7.73. The van der Waals surface area contributed by atoms with Gasteiger partial charge in [0.2, 0.25) is 11.7 Å². The summed E-state index contributed by atoms with van der Waals surface area (Å²) < 4.78 is 40.7. The fourth-order valence-electron chi connectivity index (χ4n) is 2.71. The lowest BCUT2D eigenvalue weighted by Gasteiger charge is -2.16. The van der Waals surface area contributed by atoms with Crippen LogP contribution in [0.5, 0.6) is 0 Å². The zero-order valence-electron chi connectivity index (χ0n) is 13.4. The van der Waals surface area contributed by atoms with Crippen molar-refractivity contribution in [3.8, 4) is 0 Å². The van der Waals surface area contributed by atoms with Gasteiger partial charge >= 0.3 is 6.18 Å². The fraction of sp³-hybridized carbons (Fsp3) is 0.222. The molecule has 1 aromatic heterocycles. The van der Waals surface area contributed by atoms with Crippen molar-refractivity contribution in [2.24, 2.45) is 0 Å². The molecule has 7 heteroatoms. The first-order valence-corrected chi connectivity index (χ1v) is 7.73. The fourth-order valence-corrected chi connectivity index (χ4v) is 2.71. The van der Waals surface area contributed by atoms with E-state index in [9.17, 15) is 18.0 Å². The number of aromatic nitrogens is 2. The molecular weight excluding hydrogens is 331 g/mol. The van der Waals surface area contributed by atoms with Gasteiger partial charge in [0.1, 0.15) is 6.54 Å². The minimum atomic E-state index is -4.63. The highest BCUT2D eigenvalue weighted by molar-refractivity contribution is 5.81. The number of halogens is 3. The monoisotopic (exact) mass is 347 g/mol. The largest absolute Gasteiger partial charge is 0.449 e. The Balaban J connectivity index is 1.86. The van der Waals surface area contributed by atoms with Crippen LogP contribution in [0.3, 0.4) is 0 Å². The van der Waals surface area contributed by atoms with Gasteiger partial charge in [0.15, 0.2) is 0 Å². The number of imidazole rings is 1. The Morgan fingerprint density at radius 3 is 2.44 bits per heavy atom. The van der Waals surface area contributed by atoms with Gasteiger partial charge in [-0.05, 0) is 24.6 Å². The lowest BCUT2D eigenvalue weighted by Crippen LogP contribution is -2.31. The first kappa shape index (κ1) is 17.0. The Morgan fingerprint density at radius 1 is 1.12 bits per heavy atom. The van der Waals surface area contributed by atoms with Gasteiger partial charge in [0, 0.05) is 0 Å². The molecule has 1 heterocycles. The molecule has 0 spiro atoms. The summed E-state index contributed by atoms with van der Waals surface area (Å²) in [5.41, 5.74) is 1.36. The average Bonchev–Trinajstić information content (AvgIpc) is 2.94. The number of fused-ring (bicyclic) bond motifs is 1. The molecule has 0 saturated heterocycles. The SMILES string of the molecule is CC(NC(=O)Cn1c(C(F)(F)F)nc2ccccc21)c1ccccc1. The molecule has 0 fully saturated rings. The van der Waals surface area contributed by atoms with Gasteiger partial charge in [0.25, 0.3) is 0 Å². The van der Waals surface area contributed by atoms with Crippen LogP contribution in [-0.4, -0.2) is 15.5 Å². The zero-order valence-corrected chi connectivity index (χ0v) is 13.4. The van der Waals surface area contributed by atoms with Crippen molar-refractivity contribution in [1.29, 1.82) is 0 Å². The zero-order chi connectivity index (χ0) is 18.0. The number of nitrogens with one attached hydrogen (secondary N) is 1. The summed E-state index contributed by atoms with van der Waals surface area (Å²) in [4.78, 5) is 15.9. The maximum atomic E-state index is 13.2. The molecule has 1 amide bonds. The molecule has 3 rings (SSSR count). The molecule has 0 aliphatic rings. The normalized spacial score (nSPS) is 13.0. The van der Waals surface area contributed by atoms with Crippen LogP contribution in [0.25, 0.3) is 11.0 Å². The number of hydrogen-bond acceptors (Lipinski definition) is 2. The molecule has 0 aliphatic carbocycles. The van der Waals surface area contributed by atoms with Crippen molar-refractivity contribution in [3.05, 3.63) is 66.0 Å². The van der Waals surface area contributed by atoms with Crippen molar-refractivity contribution in [2.45, 2.75) is 25.7 Å². The summed E-state index contributed by atoms with van der Waals surface area (Å²) in [7, 11) is 0. The highest BCUT2D eigenvalue weighted by Gasteiger charge is 2.38. The maximum Gasteiger partial charge on any atom is 0.449 e. The van der Waals surface area contributed by atoms with Crippen LogP contribution in [-0.2, 0) is 17.5 Å². The van der Waals surface area contributed by atoms with Crippen LogP contribution in [0.2, 0.25) is 0 Å². The van der Waals surface area contributed by atoms with Crippen molar-refractivity contribution in [1.82, 2.24) is 14.9 Å². The summed E-state index contributed by atoms with van der Waals surface area (Å²) in [6, 6.07) is 15.1. The Labute approximate surface area is 142 Å². The lowest BCUT2D eigenvalue weighted by molar-refractivity contribution is -0.147. The van der Waals surface area contributed by atoms with Crippen LogP contribution in [0.15, 0.2) is 54.6 Å². The van der Waals surface area contributed by atoms with Crippen molar-refractivity contribution < 1.29 is 18.0 Å². The summed E-state index contributed by atoms with van der Waals surface area (Å²) in [6.07, 6.45) is -4.63. The van der Waals surface area contributed by atoms with Gasteiger partial charge < -0.3 is 9.88 Å². The number of nitrogens with zero attached hydrogens (tertiary/aromatic N) is 2. The second-order valence-electron chi connectivity index (χ2n) is 5.71. The molecule has 2 aromatic carbocycles. The Bertz CT molecular complexity index is 887. The topological polar surface area (TPSA) is 46.9 Å². The Hall–Kier alpha value is -2.83. The summed E-state index contributed by atoms with van der Waals surface area (Å²) in [6.45, 7) is 1.33. The van der Waals surface area contributed by atoms with Crippen molar-refractivity contribution >= 4 is 16.9 Å². The summed E-state index contributed by atoms with van der Waals surface area (Å²) >= 11 is 0. The minimum absolute atomic E-state index is 0.207. The van der Waals surface area contributed by atoms with E-state index in [1.165, 1.54) is 12.1 Å². The molecule has 0 radical (unpaired) electrons. The van der Waals surface area contributed by atoms with Crippen molar-refractivity contribution in [2.75, 3.05) is 0 Å². The Kier molecular flexibility index (Phi) is 4.48. The van der Waals surface area contributed by atoms with E-state index < -0.39 is 24.5 Å². The van der Waals surface area contributed by atoms with Crippen LogP contribution < -0.4 is 5.32 Å². The third-order valence-corrected chi connectivity index (χ3v) is 3.89. The third-order valence-electron chi connectivity index (χ3n) is 3.89. The molecule has 0 bridgehead atoms. The smallest absolute Gasteiger partial charge is 0.348 e. The van der Waals surface area contributed by atoms with Gasteiger partial charge in [-0.15, -0.1) is 0 Å². The van der Waals surface area contributed by atoms with Gasteiger partial charge in [-0.1, -0.05) is 42.5 Å². The predicted molar refractivity (Wildman–Crippen MR) is 87.7 cm³/mol. The summed E-state index contributed by atoms with van der Waals surface area (Å²) in [5, 5.41) is 2.72. The molecule has 130 valence electrons. The lowest BCUT2D eigenvalue weighted by atomic mass is 10.1. The number of benzene rings is 2. The minimum Gasteiger partial charge on any atom is -0.348 e. The van der Waals surface area contributed by atoms with E-state index in [2.05, 4.69) is 10.3 Å². The maximum absolute atomic E-state index is 13.2. The van der Waals surface area contributed by atoms with Gasteiger partial charge in [-0.2, -0.15) is 13.2 Å². The molecule has 3 aromatic rings. The van der Waals surface area contributed by atoms with Gasteiger partial charge in [-0.25, -0.2) is 4.98 Å². The number of para-hydroxylation sites is 2. The first-order chi connectivity index (χ1) is 11.9. The van der Waals surface area contributed by atoms with E-state index in [-0.39, 0.29) is 17.1 Å². The van der Waals surface area contributed by atoms with E-state index in [4.69, 9.17) is 0 Å². The highest BCUT2D eigenvalue weighted by atomic mass is 19.4. The number of rotatable bonds is 4. The average molecular weight is 347 g/mol.